The molecule has 4 heteroatoms. The molecule has 1 heterocycles. The standard InChI is InChI=1S/C15H20O4/c1-8-9(2)15-13(7-12(19-15)5-6-16)10(3)14(8)18-11(4)17/h12,16H,5-7H2,1-4H3. The van der Waals surface area contributed by atoms with Crippen molar-refractivity contribution in [3.05, 3.63) is 22.3 Å². The second kappa shape index (κ2) is 5.21. The van der Waals surface area contributed by atoms with Crippen LogP contribution >= 0.6 is 0 Å². The molecule has 1 aliphatic rings. The van der Waals surface area contributed by atoms with Gasteiger partial charge in [-0.1, -0.05) is 0 Å². The van der Waals surface area contributed by atoms with Gasteiger partial charge in [-0.25, -0.2) is 0 Å². The number of aliphatic hydroxyl groups is 1. The Morgan fingerprint density at radius 2 is 2.00 bits per heavy atom. The van der Waals surface area contributed by atoms with E-state index in [0.717, 1.165) is 34.4 Å². The number of hydrogen-bond donors (Lipinski definition) is 1. The van der Waals surface area contributed by atoms with Crippen molar-refractivity contribution in [1.82, 2.24) is 0 Å². The van der Waals surface area contributed by atoms with Crippen molar-refractivity contribution in [2.45, 2.75) is 46.6 Å². The van der Waals surface area contributed by atoms with E-state index in [1.54, 1.807) is 0 Å². The maximum Gasteiger partial charge on any atom is 0.308 e. The Bertz CT molecular complexity index is 520. The summed E-state index contributed by atoms with van der Waals surface area (Å²) in [6.45, 7) is 7.39. The van der Waals surface area contributed by atoms with Crippen LogP contribution in [0.2, 0.25) is 0 Å². The summed E-state index contributed by atoms with van der Waals surface area (Å²) in [5.41, 5.74) is 4.01. The van der Waals surface area contributed by atoms with Crippen molar-refractivity contribution in [3.8, 4) is 11.5 Å². The lowest BCUT2D eigenvalue weighted by molar-refractivity contribution is -0.131. The van der Waals surface area contributed by atoms with Crippen LogP contribution in [0.1, 0.15) is 35.6 Å². The van der Waals surface area contributed by atoms with E-state index in [2.05, 4.69) is 0 Å². The summed E-state index contributed by atoms with van der Waals surface area (Å²) in [6.07, 6.45) is 1.40. The molecule has 0 aromatic heterocycles. The van der Waals surface area contributed by atoms with Gasteiger partial charge < -0.3 is 14.6 Å². The lowest BCUT2D eigenvalue weighted by Crippen LogP contribution is -2.14. The van der Waals surface area contributed by atoms with Crippen molar-refractivity contribution in [2.75, 3.05) is 6.61 Å². The number of ether oxygens (including phenoxy) is 2. The van der Waals surface area contributed by atoms with Crippen LogP contribution in [0.5, 0.6) is 11.5 Å². The number of benzene rings is 1. The van der Waals surface area contributed by atoms with Crippen LogP contribution in [0.25, 0.3) is 0 Å². The van der Waals surface area contributed by atoms with Gasteiger partial charge in [0.15, 0.2) is 0 Å². The average Bonchev–Trinajstić information content (AvgIpc) is 2.76. The van der Waals surface area contributed by atoms with Crippen LogP contribution in [0, 0.1) is 20.8 Å². The van der Waals surface area contributed by atoms with E-state index >= 15 is 0 Å². The minimum absolute atomic E-state index is 0.0179. The number of fused-ring (bicyclic) bond motifs is 1. The van der Waals surface area contributed by atoms with E-state index in [9.17, 15) is 4.79 Å². The first kappa shape index (κ1) is 13.9. The predicted octanol–water partition coefficient (Wildman–Crippen LogP) is 2.22. The van der Waals surface area contributed by atoms with E-state index in [-0.39, 0.29) is 18.7 Å². The highest BCUT2D eigenvalue weighted by atomic mass is 16.5. The van der Waals surface area contributed by atoms with E-state index in [1.807, 2.05) is 20.8 Å². The van der Waals surface area contributed by atoms with Gasteiger partial charge in [0.05, 0.1) is 0 Å². The van der Waals surface area contributed by atoms with E-state index < -0.39 is 0 Å². The molecule has 0 bridgehead atoms. The van der Waals surface area contributed by atoms with Gasteiger partial charge in [0.2, 0.25) is 0 Å². The Hall–Kier alpha value is -1.55. The van der Waals surface area contributed by atoms with Crippen LogP contribution < -0.4 is 9.47 Å². The fourth-order valence-corrected chi connectivity index (χ4v) is 2.60. The Morgan fingerprint density at radius 3 is 2.58 bits per heavy atom. The second-order valence-electron chi connectivity index (χ2n) is 5.06. The highest BCUT2D eigenvalue weighted by Gasteiger charge is 2.29. The van der Waals surface area contributed by atoms with Gasteiger partial charge in [-0.2, -0.15) is 0 Å². The van der Waals surface area contributed by atoms with Gasteiger partial charge in [-0.15, -0.1) is 0 Å². The molecular formula is C15H20O4. The molecule has 0 saturated carbocycles. The van der Waals surface area contributed by atoms with E-state index in [1.165, 1.54) is 6.92 Å². The molecule has 1 aromatic carbocycles. The summed E-state index contributed by atoms with van der Waals surface area (Å²) in [5, 5.41) is 9.02. The van der Waals surface area contributed by atoms with Crippen molar-refractivity contribution in [2.24, 2.45) is 0 Å². The first-order chi connectivity index (χ1) is 8.95. The lowest BCUT2D eigenvalue weighted by Gasteiger charge is -2.16. The molecule has 0 amide bonds. The number of hydrogen-bond acceptors (Lipinski definition) is 4. The summed E-state index contributed by atoms with van der Waals surface area (Å²) in [5.74, 6) is 1.23. The summed E-state index contributed by atoms with van der Waals surface area (Å²) < 4.78 is 11.2. The molecule has 0 saturated heterocycles. The molecule has 2 rings (SSSR count). The minimum Gasteiger partial charge on any atom is -0.489 e. The summed E-state index contributed by atoms with van der Waals surface area (Å²) in [7, 11) is 0. The minimum atomic E-state index is -0.309. The molecule has 1 aromatic rings. The SMILES string of the molecule is CC(=O)Oc1c(C)c(C)c2c(c1C)CC(CCO)O2. The van der Waals surface area contributed by atoms with Crippen molar-refractivity contribution in [3.63, 3.8) is 0 Å². The van der Waals surface area contributed by atoms with Crippen molar-refractivity contribution in [1.29, 1.82) is 0 Å². The van der Waals surface area contributed by atoms with Crippen LogP contribution in [0.3, 0.4) is 0 Å². The fourth-order valence-electron chi connectivity index (χ4n) is 2.60. The molecule has 104 valence electrons. The Labute approximate surface area is 113 Å². The summed E-state index contributed by atoms with van der Waals surface area (Å²) in [6, 6.07) is 0. The number of rotatable bonds is 3. The van der Waals surface area contributed by atoms with Crippen LogP contribution in [-0.2, 0) is 11.2 Å². The van der Waals surface area contributed by atoms with Gasteiger partial charge in [-0.05, 0) is 37.5 Å². The molecule has 1 aliphatic heterocycles. The molecule has 1 atom stereocenters. The summed E-state index contributed by atoms with van der Waals surface area (Å²) in [4.78, 5) is 11.2. The predicted molar refractivity (Wildman–Crippen MR) is 71.8 cm³/mol. The maximum atomic E-state index is 11.2. The smallest absolute Gasteiger partial charge is 0.308 e. The molecule has 0 radical (unpaired) electrons. The quantitative estimate of drug-likeness (QED) is 0.672. The van der Waals surface area contributed by atoms with Gasteiger partial charge in [-0.3, -0.25) is 4.79 Å². The number of esters is 1. The fraction of sp³-hybridized carbons (Fsp3) is 0.533. The number of carbonyl (C=O) groups is 1. The number of aliphatic hydroxyl groups excluding tert-OH is 1. The molecule has 19 heavy (non-hydrogen) atoms. The lowest BCUT2D eigenvalue weighted by atomic mass is 9.95. The maximum absolute atomic E-state index is 11.2. The first-order valence-corrected chi connectivity index (χ1v) is 6.54. The monoisotopic (exact) mass is 264 g/mol. The first-order valence-electron chi connectivity index (χ1n) is 6.54. The van der Waals surface area contributed by atoms with Crippen LogP contribution in [0.15, 0.2) is 0 Å². The van der Waals surface area contributed by atoms with Gasteiger partial charge >= 0.3 is 5.97 Å². The van der Waals surface area contributed by atoms with Gasteiger partial charge in [0.1, 0.15) is 17.6 Å². The van der Waals surface area contributed by atoms with E-state index in [4.69, 9.17) is 14.6 Å². The Morgan fingerprint density at radius 1 is 1.32 bits per heavy atom. The van der Waals surface area contributed by atoms with Gasteiger partial charge in [0.25, 0.3) is 0 Å². The Balaban J connectivity index is 2.46. The molecule has 4 nitrogen and oxygen atoms in total. The zero-order valence-corrected chi connectivity index (χ0v) is 11.9. The highest BCUT2D eigenvalue weighted by molar-refractivity contribution is 5.72. The third kappa shape index (κ3) is 2.45. The normalized spacial score (nSPS) is 17.0. The largest absolute Gasteiger partial charge is 0.489 e. The molecule has 0 aliphatic carbocycles. The average molecular weight is 264 g/mol. The van der Waals surface area contributed by atoms with E-state index in [0.29, 0.717) is 12.2 Å². The number of carbonyl (C=O) groups excluding carboxylic acids is 1. The topological polar surface area (TPSA) is 55.8 Å². The highest BCUT2D eigenvalue weighted by Crippen LogP contribution is 2.42. The molecule has 0 spiro atoms. The van der Waals surface area contributed by atoms with Crippen LogP contribution in [-0.4, -0.2) is 23.8 Å². The third-order valence-corrected chi connectivity index (χ3v) is 3.72. The second-order valence-corrected chi connectivity index (χ2v) is 5.06. The van der Waals surface area contributed by atoms with Crippen molar-refractivity contribution >= 4 is 5.97 Å². The molecule has 1 N–H and O–H groups in total. The van der Waals surface area contributed by atoms with Crippen molar-refractivity contribution < 1.29 is 19.4 Å². The zero-order valence-electron chi connectivity index (χ0n) is 11.9. The zero-order chi connectivity index (χ0) is 14.2. The molecule has 0 fully saturated rings. The van der Waals surface area contributed by atoms with Crippen LogP contribution in [0.4, 0.5) is 0 Å². The van der Waals surface area contributed by atoms with Gasteiger partial charge in [0, 0.05) is 31.9 Å². The molecule has 1 unspecified atom stereocenters. The summed E-state index contributed by atoms with van der Waals surface area (Å²) >= 11 is 0. The molecular weight excluding hydrogens is 244 g/mol. The Kier molecular flexibility index (Phi) is 3.80. The third-order valence-electron chi connectivity index (χ3n) is 3.72.